The van der Waals surface area contributed by atoms with E-state index < -0.39 is 6.03 Å². The van der Waals surface area contributed by atoms with Gasteiger partial charge in [-0.1, -0.05) is 29.8 Å². The summed E-state index contributed by atoms with van der Waals surface area (Å²) in [6, 6.07) is 15.7. The highest BCUT2D eigenvalue weighted by atomic mass is 35.5. The van der Waals surface area contributed by atoms with Crippen LogP contribution in [0, 0.1) is 6.92 Å². The molecule has 0 aliphatic heterocycles. The molecule has 0 unspecified atom stereocenters. The standard InChI is InChI=1S/C26H24ClN5O3S/c1-15-30-31-23(14-28-26(34)29-17-6-5-7-18(12-17)35-2)32(15)25-20(13-22(36-25)16-10-11-16)24(33)19-8-3-4-9-21(19)27/h3-9,12-13,16H,10-11,14H2,1-2H3,(H2,28,29,34). The van der Waals surface area contributed by atoms with Crippen molar-refractivity contribution >= 4 is 40.4 Å². The van der Waals surface area contributed by atoms with Crippen molar-refractivity contribution in [3.05, 3.63) is 87.3 Å². The number of methoxy groups -OCH3 is 1. The van der Waals surface area contributed by atoms with Gasteiger partial charge in [0.2, 0.25) is 0 Å². The monoisotopic (exact) mass is 521 g/mol. The Morgan fingerprint density at radius 2 is 1.92 bits per heavy atom. The minimum Gasteiger partial charge on any atom is -0.497 e. The number of urea groups is 1. The van der Waals surface area contributed by atoms with Crippen LogP contribution in [0.25, 0.3) is 5.00 Å². The fourth-order valence-corrected chi connectivity index (χ4v) is 5.52. The number of aryl methyl sites for hydroxylation is 1. The van der Waals surface area contributed by atoms with Crippen LogP contribution in [-0.4, -0.2) is 33.7 Å². The Balaban J connectivity index is 1.42. The Kier molecular flexibility index (Phi) is 6.75. The third kappa shape index (κ3) is 4.98. The number of ketones is 1. The topological polar surface area (TPSA) is 98.1 Å². The molecule has 2 heterocycles. The third-order valence-corrected chi connectivity index (χ3v) is 7.52. The highest BCUT2D eigenvalue weighted by Crippen LogP contribution is 2.46. The Morgan fingerprint density at radius 3 is 2.67 bits per heavy atom. The second-order valence-electron chi connectivity index (χ2n) is 8.49. The second-order valence-corrected chi connectivity index (χ2v) is 9.96. The van der Waals surface area contributed by atoms with Crippen LogP contribution in [0.4, 0.5) is 10.5 Å². The number of hydrogen-bond acceptors (Lipinski definition) is 6. The van der Waals surface area contributed by atoms with E-state index in [9.17, 15) is 9.59 Å². The van der Waals surface area contributed by atoms with Gasteiger partial charge < -0.3 is 15.4 Å². The molecule has 2 amide bonds. The van der Waals surface area contributed by atoms with E-state index in [2.05, 4.69) is 20.8 Å². The second kappa shape index (κ2) is 10.1. The number of ether oxygens (including phenoxy) is 1. The van der Waals surface area contributed by atoms with Gasteiger partial charge in [-0.05, 0) is 56.0 Å². The SMILES string of the molecule is COc1cccc(NC(=O)NCc2nnc(C)n2-c2sc(C3CC3)cc2C(=O)c2ccccc2Cl)c1. The van der Waals surface area contributed by atoms with Crippen molar-refractivity contribution in [3.63, 3.8) is 0 Å². The van der Waals surface area contributed by atoms with Gasteiger partial charge in [0.25, 0.3) is 0 Å². The molecular weight excluding hydrogens is 498 g/mol. The minimum atomic E-state index is -0.396. The van der Waals surface area contributed by atoms with Crippen LogP contribution in [-0.2, 0) is 6.54 Å². The maximum atomic E-state index is 13.6. The smallest absolute Gasteiger partial charge is 0.319 e. The van der Waals surface area contributed by atoms with Crippen molar-refractivity contribution in [3.8, 4) is 10.8 Å². The fourth-order valence-electron chi connectivity index (χ4n) is 3.91. The van der Waals surface area contributed by atoms with Gasteiger partial charge in [-0.3, -0.25) is 9.36 Å². The van der Waals surface area contributed by atoms with Crippen molar-refractivity contribution in [1.29, 1.82) is 0 Å². The summed E-state index contributed by atoms with van der Waals surface area (Å²) >= 11 is 7.91. The van der Waals surface area contributed by atoms with Gasteiger partial charge in [0.05, 0.1) is 24.2 Å². The molecule has 2 aromatic carbocycles. The van der Waals surface area contributed by atoms with E-state index in [1.165, 1.54) is 0 Å². The summed E-state index contributed by atoms with van der Waals surface area (Å²) in [4.78, 5) is 27.3. The van der Waals surface area contributed by atoms with Crippen molar-refractivity contribution in [1.82, 2.24) is 20.1 Å². The first-order valence-corrected chi connectivity index (χ1v) is 12.7. The number of nitrogens with zero attached hydrogens (tertiary/aromatic N) is 3. The van der Waals surface area contributed by atoms with Crippen LogP contribution in [0.15, 0.2) is 54.6 Å². The van der Waals surface area contributed by atoms with E-state index in [4.69, 9.17) is 16.3 Å². The van der Waals surface area contributed by atoms with Crippen LogP contribution in [0.3, 0.4) is 0 Å². The van der Waals surface area contributed by atoms with Crippen molar-refractivity contribution in [2.75, 3.05) is 12.4 Å². The highest BCUT2D eigenvalue weighted by Gasteiger charge is 2.30. The molecule has 1 aliphatic carbocycles. The number of anilines is 1. The molecule has 2 aromatic heterocycles. The molecule has 1 fully saturated rings. The van der Waals surface area contributed by atoms with Crippen molar-refractivity contribution in [2.45, 2.75) is 32.2 Å². The predicted molar refractivity (Wildman–Crippen MR) is 140 cm³/mol. The van der Waals surface area contributed by atoms with Crippen LogP contribution < -0.4 is 15.4 Å². The number of amides is 2. The molecule has 0 atom stereocenters. The molecule has 5 rings (SSSR count). The molecule has 0 bridgehead atoms. The van der Waals surface area contributed by atoms with Crippen LogP contribution in [0.1, 0.15) is 51.2 Å². The summed E-state index contributed by atoms with van der Waals surface area (Å²) in [6.07, 6.45) is 2.22. The van der Waals surface area contributed by atoms with Crippen molar-refractivity contribution < 1.29 is 14.3 Å². The third-order valence-electron chi connectivity index (χ3n) is 5.90. The Morgan fingerprint density at radius 1 is 1.11 bits per heavy atom. The molecular formula is C26H24ClN5O3S. The van der Waals surface area contributed by atoms with E-state index in [1.54, 1.807) is 67.0 Å². The molecule has 4 aromatic rings. The average molecular weight is 522 g/mol. The number of carbonyl (C=O) groups is 2. The molecule has 1 aliphatic rings. The van der Waals surface area contributed by atoms with E-state index >= 15 is 0 Å². The van der Waals surface area contributed by atoms with Crippen LogP contribution in [0.5, 0.6) is 5.75 Å². The molecule has 8 nitrogen and oxygen atoms in total. The van der Waals surface area contributed by atoms with Gasteiger partial charge in [-0.15, -0.1) is 21.5 Å². The van der Waals surface area contributed by atoms with Gasteiger partial charge in [0.15, 0.2) is 11.6 Å². The first-order chi connectivity index (χ1) is 17.4. The largest absolute Gasteiger partial charge is 0.497 e. The zero-order valence-corrected chi connectivity index (χ0v) is 21.3. The lowest BCUT2D eigenvalue weighted by atomic mass is 10.0. The molecule has 36 heavy (non-hydrogen) atoms. The number of aromatic nitrogens is 3. The normalized spacial score (nSPS) is 12.9. The average Bonchev–Trinajstić information content (AvgIpc) is 3.54. The van der Waals surface area contributed by atoms with E-state index in [-0.39, 0.29) is 12.3 Å². The first kappa shape index (κ1) is 24.0. The fraction of sp³-hybridized carbons (Fsp3) is 0.231. The molecule has 1 saturated carbocycles. The summed E-state index contributed by atoms with van der Waals surface area (Å²) in [6.45, 7) is 1.94. The molecule has 10 heteroatoms. The van der Waals surface area contributed by atoms with E-state index in [1.807, 2.05) is 17.6 Å². The molecule has 2 N–H and O–H groups in total. The van der Waals surface area contributed by atoms with Gasteiger partial charge in [-0.2, -0.15) is 0 Å². The quantitative estimate of drug-likeness (QED) is 0.288. The van der Waals surface area contributed by atoms with Gasteiger partial charge >= 0.3 is 6.03 Å². The molecule has 0 spiro atoms. The van der Waals surface area contributed by atoms with Crippen molar-refractivity contribution in [2.24, 2.45) is 0 Å². The van der Waals surface area contributed by atoms with Gasteiger partial charge in [0, 0.05) is 22.2 Å². The number of benzene rings is 2. The number of halogens is 1. The molecule has 0 radical (unpaired) electrons. The lowest BCUT2D eigenvalue weighted by molar-refractivity contribution is 0.103. The van der Waals surface area contributed by atoms with Crippen LogP contribution in [0.2, 0.25) is 5.02 Å². The summed E-state index contributed by atoms with van der Waals surface area (Å²) in [5.74, 6) is 2.10. The predicted octanol–water partition coefficient (Wildman–Crippen LogP) is 5.73. The first-order valence-electron chi connectivity index (χ1n) is 11.5. The lowest BCUT2D eigenvalue weighted by Gasteiger charge is -2.11. The Labute approximate surface area is 217 Å². The number of carbonyl (C=O) groups excluding carboxylic acids is 2. The van der Waals surface area contributed by atoms with Gasteiger partial charge in [0.1, 0.15) is 16.6 Å². The number of thiophene rings is 1. The number of nitrogens with one attached hydrogen (secondary N) is 2. The summed E-state index contributed by atoms with van der Waals surface area (Å²) in [5, 5.41) is 15.3. The van der Waals surface area contributed by atoms with E-state index in [0.29, 0.717) is 45.2 Å². The zero-order valence-electron chi connectivity index (χ0n) is 19.7. The maximum Gasteiger partial charge on any atom is 0.319 e. The summed E-state index contributed by atoms with van der Waals surface area (Å²) in [7, 11) is 1.57. The number of hydrogen-bond donors (Lipinski definition) is 2. The molecule has 0 saturated heterocycles. The summed E-state index contributed by atoms with van der Waals surface area (Å²) in [5.41, 5.74) is 1.60. The maximum absolute atomic E-state index is 13.6. The Hall–Kier alpha value is -3.69. The lowest BCUT2D eigenvalue weighted by Crippen LogP contribution is -2.29. The van der Waals surface area contributed by atoms with Gasteiger partial charge in [-0.25, -0.2) is 4.79 Å². The minimum absolute atomic E-state index is 0.118. The zero-order chi connectivity index (χ0) is 25.2. The number of rotatable bonds is 8. The summed E-state index contributed by atoms with van der Waals surface area (Å²) < 4.78 is 7.04. The molecule has 184 valence electrons. The Bertz CT molecular complexity index is 1440. The highest BCUT2D eigenvalue weighted by molar-refractivity contribution is 7.15. The van der Waals surface area contributed by atoms with E-state index in [0.717, 1.165) is 22.7 Å². The van der Waals surface area contributed by atoms with Crippen LogP contribution >= 0.6 is 22.9 Å².